The van der Waals surface area contributed by atoms with E-state index in [9.17, 15) is 9.90 Å². The first kappa shape index (κ1) is 13.5. The molecule has 100 valence electrons. The summed E-state index contributed by atoms with van der Waals surface area (Å²) in [5.74, 6) is 0.481. The number of rotatable bonds is 5. The van der Waals surface area contributed by atoms with Crippen molar-refractivity contribution in [3.63, 3.8) is 0 Å². The minimum absolute atomic E-state index is 0.0398. The Morgan fingerprint density at radius 3 is 3.22 bits per heavy atom. The standard InChI is InChI=1S/C13H20N2O2S/c16-12(11-3-5-18-9-11)8-15-13(17)6-10-2-1-4-14-7-10/h3,5,9-10,12,14,16H,1-2,4,6-8H2,(H,15,17). The molecule has 2 rings (SSSR count). The minimum atomic E-state index is -0.593. The predicted molar refractivity (Wildman–Crippen MR) is 72.5 cm³/mol. The third kappa shape index (κ3) is 4.08. The van der Waals surface area contributed by atoms with E-state index in [-0.39, 0.29) is 5.91 Å². The molecule has 0 saturated carbocycles. The Kier molecular flexibility index (Phi) is 5.16. The highest BCUT2D eigenvalue weighted by molar-refractivity contribution is 7.07. The van der Waals surface area contributed by atoms with Crippen LogP contribution in [-0.2, 0) is 4.79 Å². The summed E-state index contributed by atoms with van der Waals surface area (Å²) in [7, 11) is 0. The van der Waals surface area contributed by atoms with Gasteiger partial charge in [0.25, 0.3) is 0 Å². The molecule has 2 unspecified atom stereocenters. The largest absolute Gasteiger partial charge is 0.387 e. The van der Waals surface area contributed by atoms with Crippen molar-refractivity contribution in [2.75, 3.05) is 19.6 Å². The molecule has 1 fully saturated rings. The molecule has 5 heteroatoms. The van der Waals surface area contributed by atoms with E-state index in [4.69, 9.17) is 0 Å². The molecule has 2 heterocycles. The molecule has 1 aromatic heterocycles. The van der Waals surface area contributed by atoms with E-state index >= 15 is 0 Å². The normalized spacial score (nSPS) is 21.5. The lowest BCUT2D eigenvalue weighted by molar-refractivity contribution is -0.122. The summed E-state index contributed by atoms with van der Waals surface area (Å²) in [6.45, 7) is 2.30. The molecule has 1 aliphatic rings. The number of aliphatic hydroxyl groups excluding tert-OH is 1. The minimum Gasteiger partial charge on any atom is -0.387 e. The van der Waals surface area contributed by atoms with Crippen LogP contribution >= 0.6 is 11.3 Å². The molecule has 0 aliphatic carbocycles. The molecule has 0 aromatic carbocycles. The number of thiophene rings is 1. The summed E-state index contributed by atoms with van der Waals surface area (Å²) < 4.78 is 0. The van der Waals surface area contributed by atoms with E-state index in [1.807, 2.05) is 16.8 Å². The molecule has 0 radical (unpaired) electrons. The van der Waals surface area contributed by atoms with Crippen LogP contribution in [0.15, 0.2) is 16.8 Å². The van der Waals surface area contributed by atoms with Gasteiger partial charge in [-0.05, 0) is 54.2 Å². The lowest BCUT2D eigenvalue weighted by atomic mass is 9.96. The summed E-state index contributed by atoms with van der Waals surface area (Å²) in [6, 6.07) is 1.88. The van der Waals surface area contributed by atoms with Crippen LogP contribution < -0.4 is 10.6 Å². The number of aliphatic hydroxyl groups is 1. The second kappa shape index (κ2) is 6.87. The molecule has 18 heavy (non-hydrogen) atoms. The number of hydrogen-bond acceptors (Lipinski definition) is 4. The van der Waals surface area contributed by atoms with Gasteiger partial charge in [-0.3, -0.25) is 4.79 Å². The fourth-order valence-corrected chi connectivity index (χ4v) is 2.93. The zero-order valence-electron chi connectivity index (χ0n) is 10.4. The maximum absolute atomic E-state index is 11.7. The Balaban J connectivity index is 1.68. The van der Waals surface area contributed by atoms with Crippen LogP contribution in [0.3, 0.4) is 0 Å². The lowest BCUT2D eigenvalue weighted by Crippen LogP contribution is -2.35. The van der Waals surface area contributed by atoms with E-state index in [1.54, 1.807) is 11.3 Å². The van der Waals surface area contributed by atoms with Crippen LogP contribution in [0.2, 0.25) is 0 Å². The number of hydrogen-bond donors (Lipinski definition) is 3. The number of piperidine rings is 1. The Morgan fingerprint density at radius 2 is 2.56 bits per heavy atom. The molecule has 2 atom stereocenters. The third-order valence-electron chi connectivity index (χ3n) is 3.29. The van der Waals surface area contributed by atoms with Crippen LogP contribution in [0.25, 0.3) is 0 Å². The van der Waals surface area contributed by atoms with Crippen molar-refractivity contribution in [2.45, 2.75) is 25.4 Å². The first-order valence-electron chi connectivity index (χ1n) is 6.43. The summed E-state index contributed by atoms with van der Waals surface area (Å²) >= 11 is 1.55. The molecule has 1 amide bonds. The van der Waals surface area contributed by atoms with Crippen LogP contribution in [0.5, 0.6) is 0 Å². The Hall–Kier alpha value is -0.910. The molecule has 3 N–H and O–H groups in total. The number of amides is 1. The lowest BCUT2D eigenvalue weighted by Gasteiger charge is -2.22. The first-order chi connectivity index (χ1) is 8.75. The number of carbonyl (C=O) groups excluding carboxylic acids is 1. The molecular formula is C13H20N2O2S. The summed E-state index contributed by atoms with van der Waals surface area (Å²) in [5, 5.41) is 19.8. The van der Waals surface area contributed by atoms with Crippen molar-refractivity contribution in [3.05, 3.63) is 22.4 Å². The molecule has 1 aliphatic heterocycles. The van der Waals surface area contributed by atoms with Gasteiger partial charge in [0.15, 0.2) is 0 Å². The molecular weight excluding hydrogens is 248 g/mol. The predicted octanol–water partition coefficient (Wildman–Crippen LogP) is 1.29. The Morgan fingerprint density at radius 1 is 1.67 bits per heavy atom. The van der Waals surface area contributed by atoms with Crippen LogP contribution in [0, 0.1) is 5.92 Å². The number of nitrogens with one attached hydrogen (secondary N) is 2. The highest BCUT2D eigenvalue weighted by atomic mass is 32.1. The van der Waals surface area contributed by atoms with Gasteiger partial charge >= 0.3 is 0 Å². The second-order valence-corrected chi connectivity index (χ2v) is 5.57. The van der Waals surface area contributed by atoms with Gasteiger partial charge in [-0.1, -0.05) is 0 Å². The number of carbonyl (C=O) groups is 1. The van der Waals surface area contributed by atoms with Gasteiger partial charge in [0, 0.05) is 13.0 Å². The fourth-order valence-electron chi connectivity index (χ4n) is 2.23. The van der Waals surface area contributed by atoms with Gasteiger partial charge in [-0.15, -0.1) is 0 Å². The van der Waals surface area contributed by atoms with Crippen molar-refractivity contribution >= 4 is 17.2 Å². The average Bonchev–Trinajstić information content (AvgIpc) is 2.91. The van der Waals surface area contributed by atoms with Gasteiger partial charge in [0.05, 0.1) is 6.10 Å². The quantitative estimate of drug-likeness (QED) is 0.754. The highest BCUT2D eigenvalue weighted by Crippen LogP contribution is 2.16. The highest BCUT2D eigenvalue weighted by Gasteiger charge is 2.17. The smallest absolute Gasteiger partial charge is 0.220 e. The zero-order chi connectivity index (χ0) is 12.8. The van der Waals surface area contributed by atoms with Crippen molar-refractivity contribution in [1.82, 2.24) is 10.6 Å². The fraction of sp³-hybridized carbons (Fsp3) is 0.615. The van der Waals surface area contributed by atoms with Gasteiger partial charge < -0.3 is 15.7 Å². The molecule has 0 bridgehead atoms. The van der Waals surface area contributed by atoms with Crippen LogP contribution in [0.1, 0.15) is 30.9 Å². The molecule has 0 spiro atoms. The van der Waals surface area contributed by atoms with Crippen LogP contribution in [0.4, 0.5) is 0 Å². The van der Waals surface area contributed by atoms with E-state index in [0.29, 0.717) is 18.9 Å². The van der Waals surface area contributed by atoms with Gasteiger partial charge in [0.1, 0.15) is 0 Å². The monoisotopic (exact) mass is 268 g/mol. The maximum Gasteiger partial charge on any atom is 0.220 e. The van der Waals surface area contributed by atoms with E-state index in [0.717, 1.165) is 31.5 Å². The second-order valence-electron chi connectivity index (χ2n) is 4.79. The van der Waals surface area contributed by atoms with Gasteiger partial charge in [-0.2, -0.15) is 11.3 Å². The SMILES string of the molecule is O=C(CC1CCCNC1)NCC(O)c1ccsc1. The summed E-state index contributed by atoms with van der Waals surface area (Å²) in [4.78, 5) is 11.7. The topological polar surface area (TPSA) is 61.4 Å². The third-order valence-corrected chi connectivity index (χ3v) is 4.00. The van der Waals surface area contributed by atoms with Crippen molar-refractivity contribution in [1.29, 1.82) is 0 Å². The molecule has 1 saturated heterocycles. The van der Waals surface area contributed by atoms with Crippen LogP contribution in [-0.4, -0.2) is 30.6 Å². The van der Waals surface area contributed by atoms with Gasteiger partial charge in [-0.25, -0.2) is 0 Å². The van der Waals surface area contributed by atoms with E-state index in [2.05, 4.69) is 10.6 Å². The first-order valence-corrected chi connectivity index (χ1v) is 7.37. The van der Waals surface area contributed by atoms with Crippen molar-refractivity contribution in [3.8, 4) is 0 Å². The molecule has 4 nitrogen and oxygen atoms in total. The maximum atomic E-state index is 11.7. The summed E-state index contributed by atoms with van der Waals surface area (Å²) in [5.41, 5.74) is 0.875. The molecule has 1 aromatic rings. The average molecular weight is 268 g/mol. The van der Waals surface area contributed by atoms with Crippen molar-refractivity contribution in [2.24, 2.45) is 5.92 Å². The van der Waals surface area contributed by atoms with Gasteiger partial charge in [0.2, 0.25) is 5.91 Å². The Labute approximate surface area is 111 Å². The Bertz CT molecular complexity index is 361. The van der Waals surface area contributed by atoms with Crippen molar-refractivity contribution < 1.29 is 9.90 Å². The summed E-state index contributed by atoms with van der Waals surface area (Å²) in [6.07, 6.45) is 2.23. The van der Waals surface area contributed by atoms with E-state index in [1.165, 1.54) is 0 Å². The van der Waals surface area contributed by atoms with E-state index < -0.39 is 6.10 Å². The zero-order valence-corrected chi connectivity index (χ0v) is 11.2.